The van der Waals surface area contributed by atoms with Crippen molar-refractivity contribution in [2.45, 2.75) is 50.5 Å². The zero-order chi connectivity index (χ0) is 21.5. The Morgan fingerprint density at radius 3 is 2.37 bits per heavy atom. The first-order valence-corrected chi connectivity index (χ1v) is 11.8. The van der Waals surface area contributed by atoms with E-state index in [1.165, 1.54) is 4.31 Å². The van der Waals surface area contributed by atoms with Crippen LogP contribution in [-0.2, 0) is 10.0 Å². The first-order valence-electron chi connectivity index (χ1n) is 10.3. The van der Waals surface area contributed by atoms with Crippen molar-refractivity contribution in [2.24, 2.45) is 0 Å². The van der Waals surface area contributed by atoms with Crippen molar-refractivity contribution < 1.29 is 22.7 Å². The van der Waals surface area contributed by atoms with E-state index < -0.39 is 15.6 Å². The predicted octanol–water partition coefficient (Wildman–Crippen LogP) is 3.89. The van der Waals surface area contributed by atoms with Crippen LogP contribution in [0.25, 0.3) is 0 Å². The van der Waals surface area contributed by atoms with Gasteiger partial charge in [-0.1, -0.05) is 6.07 Å². The SMILES string of the molecule is CCOc1ccc(S(=O)(=O)N2CCC3(CC2)CC(=O)c2ccc(C)c(C)c2O3)cc1. The number of ketones is 1. The van der Waals surface area contributed by atoms with Crippen LogP contribution in [0.3, 0.4) is 0 Å². The number of hydrogen-bond acceptors (Lipinski definition) is 5. The van der Waals surface area contributed by atoms with Crippen molar-refractivity contribution in [1.29, 1.82) is 0 Å². The quantitative estimate of drug-likeness (QED) is 0.737. The second-order valence-corrected chi connectivity index (χ2v) is 10.0. The maximum Gasteiger partial charge on any atom is 0.243 e. The fourth-order valence-electron chi connectivity index (χ4n) is 4.22. The molecule has 0 aromatic heterocycles. The van der Waals surface area contributed by atoms with Crippen LogP contribution in [0.4, 0.5) is 0 Å². The molecule has 30 heavy (non-hydrogen) atoms. The summed E-state index contributed by atoms with van der Waals surface area (Å²) in [5, 5.41) is 0. The predicted molar refractivity (Wildman–Crippen MR) is 114 cm³/mol. The molecule has 7 heteroatoms. The van der Waals surface area contributed by atoms with Gasteiger partial charge in [0, 0.05) is 25.9 Å². The average Bonchev–Trinajstić information content (AvgIpc) is 2.72. The van der Waals surface area contributed by atoms with Gasteiger partial charge in [-0.25, -0.2) is 8.42 Å². The Morgan fingerprint density at radius 2 is 1.73 bits per heavy atom. The summed E-state index contributed by atoms with van der Waals surface area (Å²) in [5.74, 6) is 1.38. The number of ether oxygens (including phenoxy) is 2. The number of benzene rings is 2. The molecule has 0 atom stereocenters. The van der Waals surface area contributed by atoms with E-state index in [0.717, 1.165) is 11.1 Å². The van der Waals surface area contributed by atoms with Gasteiger partial charge in [0.2, 0.25) is 10.0 Å². The molecule has 6 nitrogen and oxygen atoms in total. The number of fused-ring (bicyclic) bond motifs is 1. The molecule has 2 aliphatic heterocycles. The van der Waals surface area contributed by atoms with Gasteiger partial charge in [-0.05, 0) is 62.2 Å². The lowest BCUT2D eigenvalue weighted by atomic mass is 9.82. The second kappa shape index (κ2) is 7.71. The number of Topliss-reactive ketones (excluding diaryl/α,β-unsaturated/α-hetero) is 1. The second-order valence-electron chi connectivity index (χ2n) is 8.08. The summed E-state index contributed by atoms with van der Waals surface area (Å²) in [4.78, 5) is 13.0. The minimum atomic E-state index is -3.60. The molecule has 2 aromatic carbocycles. The van der Waals surface area contributed by atoms with Gasteiger partial charge < -0.3 is 9.47 Å². The van der Waals surface area contributed by atoms with Gasteiger partial charge in [0.1, 0.15) is 17.1 Å². The fourth-order valence-corrected chi connectivity index (χ4v) is 5.66. The molecule has 0 unspecified atom stereocenters. The summed E-state index contributed by atoms with van der Waals surface area (Å²) < 4.78 is 39.4. The molecule has 1 saturated heterocycles. The zero-order valence-corrected chi connectivity index (χ0v) is 18.4. The number of rotatable bonds is 4. The molecule has 160 valence electrons. The number of aryl methyl sites for hydroxylation is 1. The number of nitrogens with zero attached hydrogens (tertiary/aromatic N) is 1. The average molecular weight is 430 g/mol. The molecular formula is C23H27NO5S. The van der Waals surface area contributed by atoms with E-state index in [2.05, 4.69) is 0 Å². The molecule has 1 spiro atoms. The van der Waals surface area contributed by atoms with E-state index >= 15 is 0 Å². The van der Waals surface area contributed by atoms with Crippen molar-refractivity contribution in [3.8, 4) is 11.5 Å². The van der Waals surface area contributed by atoms with Crippen molar-refractivity contribution in [3.63, 3.8) is 0 Å². The lowest BCUT2D eigenvalue weighted by Gasteiger charge is -2.44. The summed E-state index contributed by atoms with van der Waals surface area (Å²) in [6, 6.07) is 10.3. The molecule has 0 saturated carbocycles. The molecular weight excluding hydrogens is 402 g/mol. The number of hydrogen-bond donors (Lipinski definition) is 0. The highest BCUT2D eigenvalue weighted by Crippen LogP contribution is 2.42. The van der Waals surface area contributed by atoms with Crippen molar-refractivity contribution >= 4 is 15.8 Å². The van der Waals surface area contributed by atoms with Gasteiger partial charge in [-0.3, -0.25) is 4.79 Å². The Labute approximate surface area is 177 Å². The van der Waals surface area contributed by atoms with Gasteiger partial charge in [-0.2, -0.15) is 4.31 Å². The van der Waals surface area contributed by atoms with Gasteiger partial charge in [0.25, 0.3) is 0 Å². The molecule has 2 aromatic rings. The van der Waals surface area contributed by atoms with E-state index in [9.17, 15) is 13.2 Å². The first kappa shape index (κ1) is 20.9. The van der Waals surface area contributed by atoms with E-state index in [1.54, 1.807) is 24.3 Å². The number of piperidine rings is 1. The highest BCUT2D eigenvalue weighted by Gasteiger charge is 2.45. The molecule has 2 aliphatic rings. The van der Waals surface area contributed by atoms with Crippen molar-refractivity contribution in [2.75, 3.05) is 19.7 Å². The number of sulfonamides is 1. The van der Waals surface area contributed by atoms with E-state index in [-0.39, 0.29) is 10.7 Å². The smallest absolute Gasteiger partial charge is 0.243 e. The molecule has 0 amide bonds. The normalized spacial score (nSPS) is 18.7. The van der Waals surface area contributed by atoms with Crippen molar-refractivity contribution in [1.82, 2.24) is 4.31 Å². The minimum Gasteiger partial charge on any atom is -0.494 e. The lowest BCUT2D eigenvalue weighted by molar-refractivity contribution is 0.00532. The summed E-state index contributed by atoms with van der Waals surface area (Å²) in [7, 11) is -3.60. The Balaban J connectivity index is 1.52. The molecule has 4 rings (SSSR count). The Bertz CT molecular complexity index is 1070. The third-order valence-corrected chi connectivity index (χ3v) is 8.10. The van der Waals surface area contributed by atoms with Crippen LogP contribution in [0.5, 0.6) is 11.5 Å². The van der Waals surface area contributed by atoms with E-state index in [4.69, 9.17) is 9.47 Å². The molecule has 1 fully saturated rings. The summed E-state index contributed by atoms with van der Waals surface area (Å²) in [6.45, 7) is 7.02. The van der Waals surface area contributed by atoms with Crippen molar-refractivity contribution in [3.05, 3.63) is 53.1 Å². The van der Waals surface area contributed by atoms with Crippen LogP contribution in [0.15, 0.2) is 41.3 Å². The summed E-state index contributed by atoms with van der Waals surface area (Å²) in [5.41, 5.74) is 2.06. The number of carbonyl (C=O) groups excluding carboxylic acids is 1. The zero-order valence-electron chi connectivity index (χ0n) is 17.6. The van der Waals surface area contributed by atoms with Crippen LogP contribution in [0.2, 0.25) is 0 Å². The summed E-state index contributed by atoms with van der Waals surface area (Å²) >= 11 is 0. The van der Waals surface area contributed by atoms with Gasteiger partial charge in [0.15, 0.2) is 5.78 Å². The largest absolute Gasteiger partial charge is 0.494 e. The van der Waals surface area contributed by atoms with Crippen LogP contribution in [0.1, 0.15) is 47.7 Å². The fraction of sp³-hybridized carbons (Fsp3) is 0.435. The van der Waals surface area contributed by atoms with E-state index in [0.29, 0.717) is 56.0 Å². The highest BCUT2D eigenvalue weighted by atomic mass is 32.2. The van der Waals surface area contributed by atoms with Crippen LogP contribution in [0, 0.1) is 13.8 Å². The van der Waals surface area contributed by atoms with E-state index in [1.807, 2.05) is 32.9 Å². The molecule has 0 radical (unpaired) electrons. The number of carbonyl (C=O) groups is 1. The Hall–Kier alpha value is -2.38. The molecule has 0 aliphatic carbocycles. The third kappa shape index (κ3) is 3.61. The monoisotopic (exact) mass is 429 g/mol. The summed E-state index contributed by atoms with van der Waals surface area (Å²) in [6.07, 6.45) is 1.27. The molecule has 2 heterocycles. The van der Waals surface area contributed by atoms with Crippen LogP contribution < -0.4 is 9.47 Å². The van der Waals surface area contributed by atoms with Crippen LogP contribution >= 0.6 is 0 Å². The maximum absolute atomic E-state index is 13.1. The van der Waals surface area contributed by atoms with Gasteiger partial charge in [0.05, 0.1) is 23.5 Å². The van der Waals surface area contributed by atoms with Crippen LogP contribution in [-0.4, -0.2) is 43.8 Å². The Morgan fingerprint density at radius 1 is 1.07 bits per heavy atom. The molecule has 0 bridgehead atoms. The third-order valence-electron chi connectivity index (χ3n) is 6.18. The Kier molecular flexibility index (Phi) is 5.36. The topological polar surface area (TPSA) is 72.9 Å². The standard InChI is InChI=1S/C23H27NO5S/c1-4-28-18-6-8-19(9-7-18)30(26,27)24-13-11-23(12-14-24)15-21(25)20-10-5-16(2)17(3)22(20)29-23/h5-10H,4,11-15H2,1-3H3. The maximum atomic E-state index is 13.1. The first-order chi connectivity index (χ1) is 14.3. The molecule has 0 N–H and O–H groups in total. The van der Waals surface area contributed by atoms with Gasteiger partial charge >= 0.3 is 0 Å². The highest BCUT2D eigenvalue weighted by molar-refractivity contribution is 7.89. The van der Waals surface area contributed by atoms with Gasteiger partial charge in [-0.15, -0.1) is 0 Å². The minimum absolute atomic E-state index is 0.0715. The lowest BCUT2D eigenvalue weighted by Crippen LogP contribution is -2.52.